The number of aryl methyl sites for hydroxylation is 1. The Balaban J connectivity index is 2.45. The highest BCUT2D eigenvalue weighted by Crippen LogP contribution is 2.13. The van der Waals surface area contributed by atoms with Crippen LogP contribution in [0.4, 0.5) is 0 Å². The smallest absolute Gasteiger partial charge is 0.274 e. The van der Waals surface area contributed by atoms with Crippen molar-refractivity contribution in [1.82, 2.24) is 20.6 Å². The molecule has 7 heteroatoms. The van der Waals surface area contributed by atoms with Crippen LogP contribution in [0.5, 0.6) is 0 Å². The van der Waals surface area contributed by atoms with Gasteiger partial charge in [0, 0.05) is 18.9 Å². The van der Waals surface area contributed by atoms with Crippen molar-refractivity contribution in [2.45, 2.75) is 39.7 Å². The van der Waals surface area contributed by atoms with Crippen LogP contribution in [-0.4, -0.2) is 21.6 Å². The number of fused-ring (bicyclic) bond motifs is 1. The number of aromatic nitrogens is 2. The molecule has 1 aromatic heterocycles. The van der Waals surface area contributed by atoms with Crippen LogP contribution < -0.4 is 16.4 Å². The topological polar surface area (TPSA) is 93.1 Å². The zero-order valence-corrected chi connectivity index (χ0v) is 13.3. The molecular weight excluding hydrogens is 296 g/mol. The third-order valence-electron chi connectivity index (χ3n) is 3.41. The summed E-state index contributed by atoms with van der Waals surface area (Å²) in [6.45, 7) is 3.82. The highest BCUT2D eigenvalue weighted by molar-refractivity contribution is 6.05. The highest BCUT2D eigenvalue weighted by Gasteiger charge is 2.16. The third kappa shape index (κ3) is 3.94. The molecule has 0 unspecified atom stereocenters. The van der Waals surface area contributed by atoms with E-state index in [1.54, 1.807) is 24.3 Å². The van der Waals surface area contributed by atoms with Gasteiger partial charge in [0.15, 0.2) is 5.69 Å². The van der Waals surface area contributed by atoms with Gasteiger partial charge in [0.2, 0.25) is 5.91 Å². The number of hydrogen-bond acceptors (Lipinski definition) is 4. The van der Waals surface area contributed by atoms with Crippen LogP contribution in [-0.2, 0) is 11.3 Å². The first-order chi connectivity index (χ1) is 11.0. The van der Waals surface area contributed by atoms with Crippen molar-refractivity contribution in [2.24, 2.45) is 0 Å². The average molecular weight is 316 g/mol. The highest BCUT2D eigenvalue weighted by atomic mass is 16.2. The van der Waals surface area contributed by atoms with E-state index in [1.165, 1.54) is 11.6 Å². The summed E-state index contributed by atoms with van der Waals surface area (Å²) in [5, 5.41) is 5.09. The predicted molar refractivity (Wildman–Crippen MR) is 86.8 cm³/mol. The number of hydrazine groups is 1. The lowest BCUT2D eigenvalue weighted by atomic mass is 10.1. The summed E-state index contributed by atoms with van der Waals surface area (Å²) in [5.41, 5.74) is 4.42. The van der Waals surface area contributed by atoms with Crippen molar-refractivity contribution in [3.05, 3.63) is 40.3 Å². The van der Waals surface area contributed by atoms with Crippen molar-refractivity contribution in [2.75, 3.05) is 0 Å². The largest absolute Gasteiger partial charge is 0.290 e. The van der Waals surface area contributed by atoms with Crippen LogP contribution in [0.1, 0.15) is 43.6 Å². The Morgan fingerprint density at radius 1 is 1.13 bits per heavy atom. The normalized spacial score (nSPS) is 10.5. The molecule has 1 aromatic carbocycles. The average Bonchev–Trinajstić information content (AvgIpc) is 2.55. The Bertz CT molecular complexity index is 782. The molecule has 0 fully saturated rings. The van der Waals surface area contributed by atoms with Crippen molar-refractivity contribution in [3.8, 4) is 0 Å². The fourth-order valence-electron chi connectivity index (χ4n) is 2.27. The molecule has 1 heterocycles. The molecule has 7 nitrogen and oxygen atoms in total. The number of nitrogens with one attached hydrogen (secondary N) is 2. The van der Waals surface area contributed by atoms with E-state index in [2.05, 4.69) is 22.9 Å². The number of hydrogen-bond donors (Lipinski definition) is 2. The van der Waals surface area contributed by atoms with E-state index in [0.717, 1.165) is 19.3 Å². The van der Waals surface area contributed by atoms with Gasteiger partial charge in [-0.3, -0.25) is 25.2 Å². The second-order valence-corrected chi connectivity index (χ2v) is 5.26. The van der Waals surface area contributed by atoms with Gasteiger partial charge in [0.25, 0.3) is 11.5 Å². The lowest BCUT2D eigenvalue weighted by molar-refractivity contribution is -0.119. The Morgan fingerprint density at radius 2 is 1.83 bits per heavy atom. The van der Waals surface area contributed by atoms with Gasteiger partial charge in [0.05, 0.1) is 5.39 Å². The standard InChI is InChI=1S/C16H20N4O3/c1-3-4-7-10-20-16(23)13-9-6-5-8-12(13)14(19-20)15(22)18-17-11(2)21/h5-6,8-9H,3-4,7,10H2,1-2H3,(H,17,21)(H,18,22). The van der Waals surface area contributed by atoms with Gasteiger partial charge in [-0.1, -0.05) is 38.0 Å². The van der Waals surface area contributed by atoms with Crippen molar-refractivity contribution in [1.29, 1.82) is 0 Å². The zero-order valence-electron chi connectivity index (χ0n) is 13.3. The molecule has 23 heavy (non-hydrogen) atoms. The third-order valence-corrected chi connectivity index (χ3v) is 3.41. The minimum atomic E-state index is -0.555. The van der Waals surface area contributed by atoms with Gasteiger partial charge >= 0.3 is 0 Å². The Labute approximate surface area is 133 Å². The molecule has 2 aromatic rings. The van der Waals surface area contributed by atoms with E-state index in [9.17, 15) is 14.4 Å². The van der Waals surface area contributed by atoms with Gasteiger partial charge < -0.3 is 0 Å². The molecule has 0 aliphatic heterocycles. The van der Waals surface area contributed by atoms with Gasteiger partial charge in [0.1, 0.15) is 0 Å². The van der Waals surface area contributed by atoms with Crippen molar-refractivity contribution in [3.63, 3.8) is 0 Å². The molecular formula is C16H20N4O3. The Morgan fingerprint density at radius 3 is 2.48 bits per heavy atom. The molecule has 0 radical (unpaired) electrons. The molecule has 0 aliphatic rings. The first-order valence-corrected chi connectivity index (χ1v) is 7.61. The van der Waals surface area contributed by atoms with Crippen LogP contribution >= 0.6 is 0 Å². The lowest BCUT2D eigenvalue weighted by Gasteiger charge is -2.11. The van der Waals surface area contributed by atoms with Crippen LogP contribution in [0.25, 0.3) is 10.8 Å². The van der Waals surface area contributed by atoms with Gasteiger partial charge in [-0.2, -0.15) is 5.10 Å². The first-order valence-electron chi connectivity index (χ1n) is 7.61. The summed E-state index contributed by atoms with van der Waals surface area (Å²) in [4.78, 5) is 35.7. The van der Waals surface area contributed by atoms with E-state index in [4.69, 9.17) is 0 Å². The maximum atomic E-state index is 12.5. The predicted octanol–water partition coefficient (Wildman–Crippen LogP) is 1.37. The van der Waals surface area contributed by atoms with Gasteiger partial charge in [-0.25, -0.2) is 4.68 Å². The zero-order chi connectivity index (χ0) is 16.8. The number of rotatable bonds is 5. The molecule has 0 bridgehead atoms. The SMILES string of the molecule is CCCCCn1nc(C(=O)NNC(C)=O)c2ccccc2c1=O. The van der Waals surface area contributed by atoms with Crippen LogP contribution in [0.15, 0.2) is 29.1 Å². The Kier molecular flexibility index (Phi) is 5.46. The fraction of sp³-hybridized carbons (Fsp3) is 0.375. The van der Waals surface area contributed by atoms with Crippen LogP contribution in [0.2, 0.25) is 0 Å². The molecule has 122 valence electrons. The fourth-order valence-corrected chi connectivity index (χ4v) is 2.27. The van der Waals surface area contributed by atoms with Crippen molar-refractivity contribution >= 4 is 22.6 Å². The van der Waals surface area contributed by atoms with Crippen LogP contribution in [0, 0.1) is 0 Å². The summed E-state index contributed by atoms with van der Waals surface area (Å²) in [6, 6.07) is 6.82. The minimum Gasteiger partial charge on any atom is -0.274 e. The summed E-state index contributed by atoms with van der Waals surface area (Å²) in [5.74, 6) is -0.945. The molecule has 2 amide bonds. The molecule has 0 saturated heterocycles. The quantitative estimate of drug-likeness (QED) is 0.643. The Hall–Kier alpha value is -2.70. The second-order valence-electron chi connectivity index (χ2n) is 5.26. The monoisotopic (exact) mass is 316 g/mol. The number of carbonyl (C=O) groups is 2. The van der Waals surface area contributed by atoms with Crippen LogP contribution in [0.3, 0.4) is 0 Å². The maximum absolute atomic E-state index is 12.5. The molecule has 0 atom stereocenters. The summed E-state index contributed by atoms with van der Waals surface area (Å²) < 4.78 is 1.32. The summed E-state index contributed by atoms with van der Waals surface area (Å²) in [7, 11) is 0. The van der Waals surface area contributed by atoms with E-state index >= 15 is 0 Å². The number of carbonyl (C=O) groups excluding carboxylic acids is 2. The maximum Gasteiger partial charge on any atom is 0.290 e. The molecule has 2 N–H and O–H groups in total. The van der Waals surface area contributed by atoms with E-state index in [-0.39, 0.29) is 17.2 Å². The number of amides is 2. The molecule has 0 spiro atoms. The number of unbranched alkanes of at least 4 members (excludes halogenated alkanes) is 2. The lowest BCUT2D eigenvalue weighted by Crippen LogP contribution is -2.41. The van der Waals surface area contributed by atoms with Gasteiger partial charge in [-0.05, 0) is 12.5 Å². The van der Waals surface area contributed by atoms with E-state index in [1.807, 2.05) is 0 Å². The van der Waals surface area contributed by atoms with Gasteiger partial charge in [-0.15, -0.1) is 0 Å². The molecule has 0 saturated carbocycles. The first kappa shape index (κ1) is 16.7. The molecule has 2 rings (SSSR count). The summed E-state index contributed by atoms with van der Waals surface area (Å²) >= 11 is 0. The molecule has 0 aliphatic carbocycles. The number of benzene rings is 1. The van der Waals surface area contributed by atoms with Crippen molar-refractivity contribution < 1.29 is 9.59 Å². The van der Waals surface area contributed by atoms with E-state index in [0.29, 0.717) is 17.3 Å². The second kappa shape index (κ2) is 7.53. The summed E-state index contributed by atoms with van der Waals surface area (Å²) in [6.07, 6.45) is 2.82. The number of nitrogens with zero attached hydrogens (tertiary/aromatic N) is 2. The minimum absolute atomic E-state index is 0.116. The van der Waals surface area contributed by atoms with E-state index < -0.39 is 5.91 Å².